The first-order valence-corrected chi connectivity index (χ1v) is 10.6. The first kappa shape index (κ1) is 19.9. The number of piperidine rings is 1. The third-order valence-electron chi connectivity index (χ3n) is 5.20. The van der Waals surface area contributed by atoms with Gasteiger partial charge in [-0.1, -0.05) is 66.2 Å². The molecule has 1 saturated heterocycles. The Morgan fingerprint density at radius 1 is 0.767 bits per heavy atom. The SMILES string of the molecule is Cc1ccc(N/C(=N/C(=Nc2ccccc2)N2CCCCC2)c2ccccc2)cc1. The van der Waals surface area contributed by atoms with Crippen LogP contribution in [-0.2, 0) is 0 Å². The Labute approximate surface area is 179 Å². The Hall–Kier alpha value is -3.40. The summed E-state index contributed by atoms with van der Waals surface area (Å²) in [4.78, 5) is 12.3. The zero-order chi connectivity index (χ0) is 20.6. The third-order valence-corrected chi connectivity index (χ3v) is 5.20. The van der Waals surface area contributed by atoms with Crippen molar-refractivity contribution in [2.45, 2.75) is 26.2 Å². The number of benzene rings is 3. The minimum atomic E-state index is 0.763. The minimum Gasteiger partial charge on any atom is -0.341 e. The van der Waals surface area contributed by atoms with Gasteiger partial charge in [-0.05, 0) is 50.5 Å². The van der Waals surface area contributed by atoms with Gasteiger partial charge in [0, 0.05) is 24.3 Å². The molecule has 0 radical (unpaired) electrons. The summed E-state index contributed by atoms with van der Waals surface area (Å²) in [5, 5.41) is 3.52. The molecule has 1 heterocycles. The van der Waals surface area contributed by atoms with Crippen LogP contribution in [0.5, 0.6) is 0 Å². The minimum absolute atomic E-state index is 0.763. The van der Waals surface area contributed by atoms with E-state index in [0.717, 1.165) is 41.8 Å². The second-order valence-corrected chi connectivity index (χ2v) is 7.61. The van der Waals surface area contributed by atoms with Gasteiger partial charge in [-0.2, -0.15) is 4.99 Å². The molecule has 4 rings (SSSR count). The summed E-state index contributed by atoms with van der Waals surface area (Å²) in [6, 6.07) is 28.7. The predicted octanol–water partition coefficient (Wildman–Crippen LogP) is 6.03. The molecule has 1 aliphatic heterocycles. The van der Waals surface area contributed by atoms with Gasteiger partial charge in [-0.3, -0.25) is 0 Å². The molecule has 3 aromatic rings. The molecule has 0 spiro atoms. The lowest BCUT2D eigenvalue weighted by molar-refractivity contribution is 0.339. The van der Waals surface area contributed by atoms with Crippen LogP contribution < -0.4 is 5.32 Å². The van der Waals surface area contributed by atoms with E-state index in [4.69, 9.17) is 9.98 Å². The zero-order valence-corrected chi connectivity index (χ0v) is 17.5. The van der Waals surface area contributed by atoms with E-state index in [9.17, 15) is 0 Å². The number of nitrogens with one attached hydrogen (secondary N) is 1. The molecule has 152 valence electrons. The number of hydrogen-bond acceptors (Lipinski definition) is 1. The zero-order valence-electron chi connectivity index (χ0n) is 17.5. The van der Waals surface area contributed by atoms with Crippen LogP contribution in [0.25, 0.3) is 0 Å². The summed E-state index contributed by atoms with van der Waals surface area (Å²) >= 11 is 0. The second-order valence-electron chi connectivity index (χ2n) is 7.61. The van der Waals surface area contributed by atoms with Gasteiger partial charge in [0.25, 0.3) is 0 Å². The Bertz CT molecular complexity index is 986. The number of aliphatic imine (C=N–C) groups is 2. The molecule has 1 N–H and O–H groups in total. The fourth-order valence-electron chi connectivity index (χ4n) is 3.51. The van der Waals surface area contributed by atoms with Gasteiger partial charge in [-0.15, -0.1) is 0 Å². The van der Waals surface area contributed by atoms with E-state index in [-0.39, 0.29) is 0 Å². The van der Waals surface area contributed by atoms with Crippen molar-refractivity contribution in [2.24, 2.45) is 9.98 Å². The van der Waals surface area contributed by atoms with Crippen molar-refractivity contribution in [1.29, 1.82) is 0 Å². The number of hydrogen-bond donors (Lipinski definition) is 1. The van der Waals surface area contributed by atoms with Crippen LogP contribution in [0.1, 0.15) is 30.4 Å². The first-order valence-electron chi connectivity index (χ1n) is 10.6. The third kappa shape index (κ3) is 5.35. The molecule has 1 fully saturated rings. The number of guanidine groups is 1. The molecule has 30 heavy (non-hydrogen) atoms. The van der Waals surface area contributed by atoms with Crippen LogP contribution in [0.4, 0.5) is 11.4 Å². The smallest absolute Gasteiger partial charge is 0.227 e. The van der Waals surface area contributed by atoms with Crippen LogP contribution in [0.3, 0.4) is 0 Å². The van der Waals surface area contributed by atoms with E-state index in [1.165, 1.54) is 24.8 Å². The number of para-hydroxylation sites is 1. The van der Waals surface area contributed by atoms with Gasteiger partial charge in [0.15, 0.2) is 0 Å². The summed E-state index contributed by atoms with van der Waals surface area (Å²) < 4.78 is 0. The highest BCUT2D eigenvalue weighted by molar-refractivity contribution is 6.13. The molecule has 3 aromatic carbocycles. The van der Waals surface area contributed by atoms with Crippen molar-refractivity contribution in [2.75, 3.05) is 18.4 Å². The number of aryl methyl sites for hydroxylation is 1. The predicted molar refractivity (Wildman–Crippen MR) is 127 cm³/mol. The van der Waals surface area contributed by atoms with Crippen molar-refractivity contribution in [3.8, 4) is 0 Å². The molecule has 0 aromatic heterocycles. The Morgan fingerprint density at radius 2 is 1.40 bits per heavy atom. The number of rotatable bonds is 3. The van der Waals surface area contributed by atoms with E-state index >= 15 is 0 Å². The van der Waals surface area contributed by atoms with Crippen molar-refractivity contribution in [1.82, 2.24) is 4.90 Å². The molecule has 0 unspecified atom stereocenters. The lowest BCUT2D eigenvalue weighted by atomic mass is 10.1. The molecule has 4 heteroatoms. The van der Waals surface area contributed by atoms with Crippen molar-refractivity contribution < 1.29 is 0 Å². The molecule has 0 atom stereocenters. The number of likely N-dealkylation sites (tertiary alicyclic amines) is 1. The van der Waals surface area contributed by atoms with Crippen molar-refractivity contribution >= 4 is 23.2 Å². The molecule has 1 aliphatic rings. The van der Waals surface area contributed by atoms with E-state index < -0.39 is 0 Å². The van der Waals surface area contributed by atoms with Crippen LogP contribution in [-0.4, -0.2) is 29.8 Å². The Balaban J connectivity index is 1.74. The molecular weight excluding hydrogens is 368 g/mol. The number of nitrogens with zero attached hydrogens (tertiary/aromatic N) is 3. The maximum absolute atomic E-state index is 5.06. The molecular formula is C26H28N4. The van der Waals surface area contributed by atoms with E-state index in [1.807, 2.05) is 48.5 Å². The van der Waals surface area contributed by atoms with Gasteiger partial charge in [0.2, 0.25) is 5.96 Å². The molecule has 0 bridgehead atoms. The first-order chi connectivity index (χ1) is 14.8. The number of amidine groups is 1. The summed E-state index contributed by atoms with van der Waals surface area (Å²) in [6.45, 7) is 4.07. The fourth-order valence-corrected chi connectivity index (χ4v) is 3.51. The maximum atomic E-state index is 5.06. The van der Waals surface area contributed by atoms with Crippen molar-refractivity contribution in [3.05, 3.63) is 96.1 Å². The summed E-state index contributed by atoms with van der Waals surface area (Å²) in [6.07, 6.45) is 3.62. The Morgan fingerprint density at radius 3 is 2.07 bits per heavy atom. The summed E-state index contributed by atoms with van der Waals surface area (Å²) in [7, 11) is 0. The monoisotopic (exact) mass is 396 g/mol. The van der Waals surface area contributed by atoms with Gasteiger partial charge in [-0.25, -0.2) is 4.99 Å². The van der Waals surface area contributed by atoms with Crippen LogP contribution in [0, 0.1) is 6.92 Å². The average Bonchev–Trinajstić information content (AvgIpc) is 2.81. The highest BCUT2D eigenvalue weighted by Crippen LogP contribution is 2.17. The highest BCUT2D eigenvalue weighted by Gasteiger charge is 2.16. The molecule has 0 saturated carbocycles. The standard InChI is InChI=1S/C26H28N4/c1-21-15-17-24(18-16-21)27-25(22-11-5-2-6-12-22)29-26(30-19-9-4-10-20-30)28-23-13-7-3-8-14-23/h2-3,5-8,11-18H,4,9-10,19-20H2,1H3,(H,27,28,29). The highest BCUT2D eigenvalue weighted by atomic mass is 15.3. The van der Waals surface area contributed by atoms with Gasteiger partial charge < -0.3 is 10.2 Å². The second kappa shape index (κ2) is 9.88. The van der Waals surface area contributed by atoms with Crippen LogP contribution >= 0.6 is 0 Å². The summed E-state index contributed by atoms with van der Waals surface area (Å²) in [5.41, 5.74) is 4.21. The van der Waals surface area contributed by atoms with E-state index in [1.54, 1.807) is 0 Å². The molecule has 4 nitrogen and oxygen atoms in total. The largest absolute Gasteiger partial charge is 0.341 e. The van der Waals surface area contributed by atoms with E-state index in [2.05, 4.69) is 53.5 Å². The van der Waals surface area contributed by atoms with Crippen LogP contribution in [0.2, 0.25) is 0 Å². The van der Waals surface area contributed by atoms with Crippen LogP contribution in [0.15, 0.2) is 94.9 Å². The van der Waals surface area contributed by atoms with Gasteiger partial charge >= 0.3 is 0 Å². The quantitative estimate of drug-likeness (QED) is 0.434. The molecule has 0 aliphatic carbocycles. The number of anilines is 1. The molecule has 0 amide bonds. The maximum Gasteiger partial charge on any atom is 0.227 e. The summed E-state index contributed by atoms with van der Waals surface area (Å²) in [5.74, 6) is 1.57. The van der Waals surface area contributed by atoms with Gasteiger partial charge in [0.05, 0.1) is 5.69 Å². The normalized spacial score (nSPS) is 15.2. The average molecular weight is 397 g/mol. The lowest BCUT2D eigenvalue weighted by Gasteiger charge is -2.28. The lowest BCUT2D eigenvalue weighted by Crippen LogP contribution is -2.35. The van der Waals surface area contributed by atoms with E-state index in [0.29, 0.717) is 0 Å². The topological polar surface area (TPSA) is 40.0 Å². The van der Waals surface area contributed by atoms with Crippen molar-refractivity contribution in [3.63, 3.8) is 0 Å². The fraction of sp³-hybridized carbons (Fsp3) is 0.231. The Kier molecular flexibility index (Phi) is 6.55. The van der Waals surface area contributed by atoms with Gasteiger partial charge in [0.1, 0.15) is 5.84 Å².